The maximum Gasteiger partial charge on any atom is 0.303 e. The summed E-state index contributed by atoms with van der Waals surface area (Å²) in [6.07, 6.45) is 0.0891. The summed E-state index contributed by atoms with van der Waals surface area (Å²) in [5.74, 6) is -3.47. The van der Waals surface area contributed by atoms with Crippen LogP contribution in [0.5, 0.6) is 0 Å². The minimum absolute atomic E-state index is 0.0554. The number of hydrogen-bond donors (Lipinski definition) is 1. The van der Waals surface area contributed by atoms with E-state index in [1.807, 2.05) is 0 Å². The Bertz CT molecular complexity index is 197. The van der Waals surface area contributed by atoms with Crippen molar-refractivity contribution in [3.8, 4) is 0 Å². The topological polar surface area (TPSA) is 40.5 Å². The molecule has 0 atom stereocenters. The van der Waals surface area contributed by atoms with Crippen LogP contribution in [0.25, 0.3) is 0 Å². The molecule has 0 saturated carbocycles. The molecule has 3 nitrogen and oxygen atoms in total. The third kappa shape index (κ3) is 3.67. The fraction of sp³-hybridized carbons (Fsp3) is 0.875. The molecule has 0 aromatic rings. The summed E-state index contributed by atoms with van der Waals surface area (Å²) in [4.78, 5) is 11.8. The predicted octanol–water partition coefficient (Wildman–Crippen LogP) is 1.05. The molecule has 0 radical (unpaired) electrons. The van der Waals surface area contributed by atoms with Gasteiger partial charge in [0.1, 0.15) is 0 Å². The van der Waals surface area contributed by atoms with Crippen LogP contribution >= 0.6 is 0 Å². The van der Waals surface area contributed by atoms with Crippen LogP contribution in [0.3, 0.4) is 0 Å². The summed E-state index contributed by atoms with van der Waals surface area (Å²) in [6.45, 7) is 1.58. The molecule has 5 heteroatoms. The molecule has 1 heterocycles. The van der Waals surface area contributed by atoms with Gasteiger partial charge in [0.25, 0.3) is 5.92 Å². The Balaban J connectivity index is 2.15. The Labute approximate surface area is 75.3 Å². The molecule has 76 valence electrons. The first-order valence-electron chi connectivity index (χ1n) is 4.19. The third-order valence-corrected chi connectivity index (χ3v) is 2.00. The minimum Gasteiger partial charge on any atom is -0.481 e. The molecule has 0 aromatic heterocycles. The van der Waals surface area contributed by atoms with E-state index in [9.17, 15) is 13.6 Å². The van der Waals surface area contributed by atoms with Gasteiger partial charge in [0.2, 0.25) is 0 Å². The summed E-state index contributed by atoms with van der Waals surface area (Å²) in [6, 6.07) is 0. The lowest BCUT2D eigenvalue weighted by molar-refractivity contribution is -0.140. The van der Waals surface area contributed by atoms with Crippen LogP contribution in [0.4, 0.5) is 8.78 Å². The minimum atomic E-state index is -2.67. The van der Waals surface area contributed by atoms with Gasteiger partial charge < -0.3 is 5.11 Å². The maximum absolute atomic E-state index is 12.4. The van der Waals surface area contributed by atoms with Crippen molar-refractivity contribution < 1.29 is 18.7 Å². The van der Waals surface area contributed by atoms with Crippen molar-refractivity contribution in [3.63, 3.8) is 0 Å². The molecular formula is C8H13F2NO2. The average molecular weight is 193 g/mol. The zero-order valence-electron chi connectivity index (χ0n) is 7.46. The number of rotatable bonds is 4. The highest BCUT2D eigenvalue weighted by Crippen LogP contribution is 2.23. The van der Waals surface area contributed by atoms with Crippen molar-refractivity contribution in [1.82, 2.24) is 4.90 Å². The zero-order chi connectivity index (χ0) is 10.1. The van der Waals surface area contributed by atoms with Gasteiger partial charge in [-0.15, -0.1) is 0 Å². The van der Waals surface area contributed by atoms with Gasteiger partial charge in [-0.2, -0.15) is 0 Å². The maximum atomic E-state index is 12.4. The van der Waals surface area contributed by atoms with E-state index < -0.39 is 11.9 Å². The van der Waals surface area contributed by atoms with E-state index in [1.54, 1.807) is 4.90 Å². The number of hydrogen-bond acceptors (Lipinski definition) is 2. The first-order valence-corrected chi connectivity index (χ1v) is 4.19. The highest BCUT2D eigenvalue weighted by atomic mass is 19.3. The van der Waals surface area contributed by atoms with Crippen LogP contribution in [0.2, 0.25) is 0 Å². The summed E-state index contributed by atoms with van der Waals surface area (Å²) in [5, 5.41) is 8.40. The Morgan fingerprint density at radius 3 is 2.54 bits per heavy atom. The Hall–Kier alpha value is -0.710. The predicted molar refractivity (Wildman–Crippen MR) is 42.8 cm³/mol. The monoisotopic (exact) mass is 193 g/mol. The lowest BCUT2D eigenvalue weighted by Gasteiger charge is -2.39. The lowest BCUT2D eigenvalue weighted by Crippen LogP contribution is -2.51. The number of alkyl halides is 2. The van der Waals surface area contributed by atoms with Gasteiger partial charge in [0, 0.05) is 20.0 Å². The summed E-state index contributed by atoms with van der Waals surface area (Å²) < 4.78 is 24.9. The van der Waals surface area contributed by atoms with Crippen LogP contribution in [0.15, 0.2) is 0 Å². The molecular weight excluding hydrogens is 180 g/mol. The largest absolute Gasteiger partial charge is 0.481 e. The number of carboxylic acid groups (broad SMARTS) is 1. The van der Waals surface area contributed by atoms with E-state index in [1.165, 1.54) is 0 Å². The lowest BCUT2D eigenvalue weighted by atomic mass is 9.96. The van der Waals surface area contributed by atoms with Crippen molar-refractivity contribution in [2.24, 2.45) is 5.92 Å². The second kappa shape index (κ2) is 3.57. The molecule has 0 bridgehead atoms. The van der Waals surface area contributed by atoms with Crippen LogP contribution in [0.1, 0.15) is 13.3 Å². The second-order valence-corrected chi connectivity index (χ2v) is 3.73. The van der Waals surface area contributed by atoms with Crippen molar-refractivity contribution in [3.05, 3.63) is 0 Å². The van der Waals surface area contributed by atoms with E-state index in [0.717, 1.165) is 6.92 Å². The zero-order valence-corrected chi connectivity index (χ0v) is 7.46. The van der Waals surface area contributed by atoms with E-state index in [0.29, 0.717) is 13.1 Å². The van der Waals surface area contributed by atoms with E-state index in [2.05, 4.69) is 0 Å². The molecule has 0 amide bonds. The van der Waals surface area contributed by atoms with Crippen molar-refractivity contribution >= 4 is 5.97 Å². The summed E-state index contributed by atoms with van der Waals surface area (Å²) in [5.41, 5.74) is 0. The fourth-order valence-electron chi connectivity index (χ4n) is 1.57. The number of aliphatic carboxylic acids is 1. The molecule has 0 aromatic carbocycles. The highest BCUT2D eigenvalue weighted by Gasteiger charge is 2.34. The number of nitrogens with zero attached hydrogens (tertiary/aromatic N) is 1. The van der Waals surface area contributed by atoms with Crippen LogP contribution in [0, 0.1) is 5.92 Å². The van der Waals surface area contributed by atoms with Crippen molar-refractivity contribution in [2.75, 3.05) is 19.6 Å². The Morgan fingerprint density at radius 1 is 1.62 bits per heavy atom. The van der Waals surface area contributed by atoms with Gasteiger partial charge in [0.15, 0.2) is 0 Å². The number of halogens is 2. The SMILES string of the molecule is CC(F)(F)CN1CC(CC(=O)O)C1. The molecule has 1 rings (SSSR count). The molecule has 0 spiro atoms. The smallest absolute Gasteiger partial charge is 0.303 e. The standard InChI is InChI=1S/C8H13F2NO2/c1-8(9,10)5-11-3-6(4-11)2-7(12)13/h6H,2-5H2,1H3,(H,12,13). The van der Waals surface area contributed by atoms with Crippen LogP contribution in [-0.4, -0.2) is 41.5 Å². The normalized spacial score (nSPS) is 19.9. The summed E-state index contributed by atoms with van der Waals surface area (Å²) in [7, 11) is 0. The van der Waals surface area contributed by atoms with E-state index in [-0.39, 0.29) is 18.9 Å². The molecule has 1 saturated heterocycles. The highest BCUT2D eigenvalue weighted by molar-refractivity contribution is 5.67. The fourth-order valence-corrected chi connectivity index (χ4v) is 1.57. The molecule has 13 heavy (non-hydrogen) atoms. The number of carboxylic acids is 1. The second-order valence-electron chi connectivity index (χ2n) is 3.73. The molecule has 1 N–H and O–H groups in total. The van der Waals surface area contributed by atoms with Gasteiger partial charge in [-0.1, -0.05) is 0 Å². The van der Waals surface area contributed by atoms with Crippen molar-refractivity contribution in [2.45, 2.75) is 19.3 Å². The molecule has 0 aliphatic carbocycles. The third-order valence-electron chi connectivity index (χ3n) is 2.00. The Morgan fingerprint density at radius 2 is 2.15 bits per heavy atom. The van der Waals surface area contributed by atoms with Gasteiger partial charge in [0.05, 0.1) is 13.0 Å². The number of likely N-dealkylation sites (tertiary alicyclic amines) is 1. The van der Waals surface area contributed by atoms with Gasteiger partial charge in [-0.3, -0.25) is 9.69 Å². The summed E-state index contributed by atoms with van der Waals surface area (Å²) >= 11 is 0. The molecule has 1 aliphatic rings. The van der Waals surface area contributed by atoms with Gasteiger partial charge in [-0.25, -0.2) is 8.78 Å². The number of carbonyl (C=O) groups is 1. The van der Waals surface area contributed by atoms with Crippen LogP contribution in [-0.2, 0) is 4.79 Å². The van der Waals surface area contributed by atoms with Gasteiger partial charge >= 0.3 is 5.97 Å². The quantitative estimate of drug-likeness (QED) is 0.725. The Kier molecular flexibility index (Phi) is 2.85. The molecule has 1 aliphatic heterocycles. The molecule has 1 fully saturated rings. The first-order chi connectivity index (χ1) is 5.87. The first kappa shape index (κ1) is 10.4. The van der Waals surface area contributed by atoms with Gasteiger partial charge in [-0.05, 0) is 5.92 Å². The molecule has 0 unspecified atom stereocenters. The average Bonchev–Trinajstić information content (AvgIpc) is 1.78. The van der Waals surface area contributed by atoms with E-state index in [4.69, 9.17) is 5.11 Å². The van der Waals surface area contributed by atoms with E-state index >= 15 is 0 Å². The van der Waals surface area contributed by atoms with Crippen LogP contribution < -0.4 is 0 Å². The van der Waals surface area contributed by atoms with Crippen molar-refractivity contribution in [1.29, 1.82) is 0 Å².